The van der Waals surface area contributed by atoms with Gasteiger partial charge < -0.3 is 22.9 Å². The zero-order valence-electron chi connectivity index (χ0n) is 9.63. The molecule has 0 aromatic carbocycles. The van der Waals surface area contributed by atoms with Crippen molar-refractivity contribution < 1.29 is 21.9 Å². The molecular weight excluding hydrogens is 202 g/mol. The van der Waals surface area contributed by atoms with E-state index in [1.54, 1.807) is 0 Å². The maximum absolute atomic E-state index is 11.3. The molecule has 0 fully saturated rings. The summed E-state index contributed by atoms with van der Waals surface area (Å²) in [7, 11) is 0. The van der Waals surface area contributed by atoms with Crippen molar-refractivity contribution in [1.29, 1.82) is 0 Å². The highest BCUT2D eigenvalue weighted by Gasteiger charge is 2.22. The smallest absolute Gasteiger partial charge is 0.323 e. The van der Waals surface area contributed by atoms with Gasteiger partial charge in [0.05, 0.1) is 0 Å². The van der Waals surface area contributed by atoms with E-state index in [2.05, 4.69) is 0 Å². The molecule has 0 unspecified atom stereocenters. The standard InChI is InChI=1S/C10H21NO2.ClH/c1-7(2)6-8(11)9(12)13-10(3,4)5;/h7-8H,6,11H2,1-5H3;1H/p-1/t8-;/m0./s1. The average Bonchev–Trinajstić information content (AvgIpc) is 1.81. The molecule has 2 N–H and O–H groups in total. The van der Waals surface area contributed by atoms with Crippen molar-refractivity contribution in [3.63, 3.8) is 0 Å². The predicted molar refractivity (Wildman–Crippen MR) is 53.3 cm³/mol. The summed E-state index contributed by atoms with van der Waals surface area (Å²) >= 11 is 0. The Morgan fingerprint density at radius 3 is 2.07 bits per heavy atom. The summed E-state index contributed by atoms with van der Waals surface area (Å²) in [6, 6.07) is -0.487. The van der Waals surface area contributed by atoms with Crippen LogP contribution in [0.3, 0.4) is 0 Å². The first kappa shape index (κ1) is 16.2. The van der Waals surface area contributed by atoms with Crippen molar-refractivity contribution >= 4 is 5.97 Å². The third kappa shape index (κ3) is 8.32. The van der Waals surface area contributed by atoms with Crippen molar-refractivity contribution in [2.45, 2.75) is 52.7 Å². The molecule has 0 aliphatic carbocycles. The molecule has 0 radical (unpaired) electrons. The lowest BCUT2D eigenvalue weighted by Crippen LogP contribution is -3.00. The lowest BCUT2D eigenvalue weighted by molar-refractivity contribution is -0.156. The topological polar surface area (TPSA) is 52.3 Å². The van der Waals surface area contributed by atoms with Gasteiger partial charge in [-0.1, -0.05) is 13.8 Å². The van der Waals surface area contributed by atoms with Crippen LogP contribution in [0.4, 0.5) is 0 Å². The molecule has 0 amide bonds. The van der Waals surface area contributed by atoms with E-state index in [9.17, 15) is 4.79 Å². The van der Waals surface area contributed by atoms with Gasteiger partial charge in [-0.15, -0.1) is 0 Å². The molecular formula is C10H21ClNO2-. The second kappa shape index (κ2) is 6.25. The number of nitrogens with two attached hydrogens (primary N) is 1. The minimum Gasteiger partial charge on any atom is -1.00 e. The van der Waals surface area contributed by atoms with Gasteiger partial charge in [0.2, 0.25) is 0 Å². The Morgan fingerprint density at radius 2 is 1.79 bits per heavy atom. The molecule has 86 valence electrons. The highest BCUT2D eigenvalue weighted by molar-refractivity contribution is 5.75. The van der Waals surface area contributed by atoms with Crippen molar-refractivity contribution in [3.05, 3.63) is 0 Å². The molecule has 0 saturated carbocycles. The van der Waals surface area contributed by atoms with Crippen LogP contribution in [0.2, 0.25) is 0 Å². The molecule has 4 heteroatoms. The van der Waals surface area contributed by atoms with Crippen LogP contribution in [0.1, 0.15) is 41.0 Å². The van der Waals surface area contributed by atoms with Crippen molar-refractivity contribution in [2.75, 3.05) is 0 Å². The zero-order chi connectivity index (χ0) is 10.6. The van der Waals surface area contributed by atoms with Gasteiger partial charge >= 0.3 is 5.97 Å². The number of carbonyl (C=O) groups excluding carboxylic acids is 1. The molecule has 0 aliphatic heterocycles. The van der Waals surface area contributed by atoms with Crippen LogP contribution in [0, 0.1) is 5.92 Å². The van der Waals surface area contributed by atoms with Gasteiger partial charge in [-0.05, 0) is 33.1 Å². The van der Waals surface area contributed by atoms with Gasteiger partial charge in [0.15, 0.2) is 0 Å². The van der Waals surface area contributed by atoms with E-state index >= 15 is 0 Å². The largest absolute Gasteiger partial charge is 1.00 e. The maximum Gasteiger partial charge on any atom is 0.323 e. The fourth-order valence-corrected chi connectivity index (χ4v) is 0.982. The number of hydrogen-bond acceptors (Lipinski definition) is 3. The maximum atomic E-state index is 11.3. The number of hydrogen-bond donors (Lipinski definition) is 1. The predicted octanol–water partition coefficient (Wildman–Crippen LogP) is -1.29. The SMILES string of the molecule is CC(C)C[C@H](N)C(=O)OC(C)(C)C.[Cl-]. The molecule has 0 bridgehead atoms. The monoisotopic (exact) mass is 222 g/mol. The first-order valence-electron chi connectivity index (χ1n) is 4.71. The average molecular weight is 223 g/mol. The van der Waals surface area contributed by atoms with Gasteiger partial charge in [0, 0.05) is 0 Å². The second-order valence-corrected chi connectivity index (χ2v) is 4.77. The minimum atomic E-state index is -0.487. The van der Waals surface area contributed by atoms with Gasteiger partial charge in [0.25, 0.3) is 0 Å². The summed E-state index contributed by atoms with van der Waals surface area (Å²) in [5.74, 6) is 0.115. The lowest BCUT2D eigenvalue weighted by atomic mass is 10.0. The van der Waals surface area contributed by atoms with Crippen LogP contribution in [0.15, 0.2) is 0 Å². The van der Waals surface area contributed by atoms with Crippen LogP contribution in [0.5, 0.6) is 0 Å². The molecule has 0 aliphatic rings. The summed E-state index contributed by atoms with van der Waals surface area (Å²) in [5.41, 5.74) is 5.21. The van der Waals surface area contributed by atoms with Crippen molar-refractivity contribution in [2.24, 2.45) is 11.7 Å². The van der Waals surface area contributed by atoms with E-state index in [0.29, 0.717) is 12.3 Å². The minimum absolute atomic E-state index is 0. The van der Waals surface area contributed by atoms with Crippen LogP contribution < -0.4 is 18.1 Å². The Bertz CT molecular complexity index is 175. The van der Waals surface area contributed by atoms with E-state index in [-0.39, 0.29) is 18.4 Å². The van der Waals surface area contributed by atoms with E-state index in [1.807, 2.05) is 34.6 Å². The van der Waals surface area contributed by atoms with Gasteiger partial charge in [-0.2, -0.15) is 0 Å². The highest BCUT2D eigenvalue weighted by Crippen LogP contribution is 2.11. The molecule has 3 nitrogen and oxygen atoms in total. The second-order valence-electron chi connectivity index (χ2n) is 4.77. The normalized spacial score (nSPS) is 13.4. The Kier molecular flexibility index (Phi) is 7.21. The first-order chi connectivity index (χ1) is 5.72. The molecule has 14 heavy (non-hydrogen) atoms. The van der Waals surface area contributed by atoms with E-state index < -0.39 is 11.6 Å². The molecule has 0 spiro atoms. The molecule has 0 heterocycles. The summed E-state index contributed by atoms with van der Waals surface area (Å²) in [6.07, 6.45) is 0.676. The number of esters is 1. The van der Waals surface area contributed by atoms with Crippen LogP contribution in [-0.2, 0) is 9.53 Å². The quantitative estimate of drug-likeness (QED) is 0.605. The molecule has 0 aromatic rings. The number of carbonyl (C=O) groups is 1. The van der Waals surface area contributed by atoms with Crippen LogP contribution in [0.25, 0.3) is 0 Å². The van der Waals surface area contributed by atoms with Gasteiger partial charge in [-0.25, -0.2) is 0 Å². The number of halogens is 1. The Balaban J connectivity index is 0. The van der Waals surface area contributed by atoms with E-state index in [0.717, 1.165) is 0 Å². The molecule has 0 saturated heterocycles. The van der Waals surface area contributed by atoms with E-state index in [1.165, 1.54) is 0 Å². The van der Waals surface area contributed by atoms with Crippen molar-refractivity contribution in [1.82, 2.24) is 0 Å². The fourth-order valence-electron chi connectivity index (χ4n) is 0.982. The molecule has 1 atom stereocenters. The first-order valence-corrected chi connectivity index (χ1v) is 4.71. The lowest BCUT2D eigenvalue weighted by Gasteiger charge is -2.22. The van der Waals surface area contributed by atoms with Crippen LogP contribution in [-0.4, -0.2) is 17.6 Å². The Morgan fingerprint density at radius 1 is 1.36 bits per heavy atom. The summed E-state index contributed by atoms with van der Waals surface area (Å²) in [4.78, 5) is 11.3. The zero-order valence-corrected chi connectivity index (χ0v) is 10.4. The van der Waals surface area contributed by atoms with Crippen molar-refractivity contribution in [3.8, 4) is 0 Å². The third-order valence-corrected chi connectivity index (χ3v) is 1.43. The highest BCUT2D eigenvalue weighted by atomic mass is 35.5. The summed E-state index contributed by atoms with van der Waals surface area (Å²) in [5, 5.41) is 0. The Labute approximate surface area is 92.8 Å². The molecule has 0 aromatic heterocycles. The summed E-state index contributed by atoms with van der Waals surface area (Å²) in [6.45, 7) is 9.58. The fraction of sp³-hybridized carbons (Fsp3) is 0.900. The number of ether oxygens (including phenoxy) is 1. The number of rotatable bonds is 3. The third-order valence-electron chi connectivity index (χ3n) is 1.43. The van der Waals surface area contributed by atoms with Crippen LogP contribution >= 0.6 is 0 Å². The molecule has 0 rings (SSSR count). The van der Waals surface area contributed by atoms with E-state index in [4.69, 9.17) is 10.5 Å². The Hall–Kier alpha value is -0.280. The summed E-state index contributed by atoms with van der Waals surface area (Å²) < 4.78 is 5.14. The van der Waals surface area contributed by atoms with Gasteiger partial charge in [0.1, 0.15) is 11.6 Å². The van der Waals surface area contributed by atoms with Gasteiger partial charge in [-0.3, -0.25) is 4.79 Å².